The third kappa shape index (κ3) is 3.92. The fourth-order valence-electron chi connectivity index (χ4n) is 3.50. The van der Waals surface area contributed by atoms with Gasteiger partial charge in [-0.3, -0.25) is 0 Å². The molecule has 0 amide bonds. The first-order valence-electron chi connectivity index (χ1n) is 9.25. The second kappa shape index (κ2) is 8.25. The highest BCUT2D eigenvalue weighted by atomic mass is 32.1. The summed E-state index contributed by atoms with van der Waals surface area (Å²) < 4.78 is 28.4. The molecule has 0 saturated carbocycles. The highest BCUT2D eigenvalue weighted by Crippen LogP contribution is 2.33. The number of nitrogen functional groups attached to an aromatic ring is 1. The zero-order valence-electron chi connectivity index (χ0n) is 16.1. The second-order valence-corrected chi connectivity index (χ2v) is 7.78. The molecule has 2 heterocycles. The van der Waals surface area contributed by atoms with Crippen molar-refractivity contribution in [1.29, 1.82) is 5.41 Å². The number of nitrogens with zero attached hydrogens (tertiary/aromatic N) is 2. The van der Waals surface area contributed by atoms with E-state index in [4.69, 9.17) is 11.1 Å². The van der Waals surface area contributed by atoms with Gasteiger partial charge in [0.2, 0.25) is 0 Å². The minimum Gasteiger partial charge on any atom is -0.397 e. The third-order valence-electron chi connectivity index (χ3n) is 4.93. The maximum Gasteiger partial charge on any atom is 0.126 e. The number of aromatic nitrogens is 2. The maximum absolute atomic E-state index is 13.7. The molecule has 2 aromatic heterocycles. The van der Waals surface area contributed by atoms with E-state index >= 15 is 0 Å². The van der Waals surface area contributed by atoms with E-state index in [1.807, 2.05) is 18.2 Å². The molecule has 152 valence electrons. The highest BCUT2D eigenvalue weighted by molar-refractivity contribution is 7.16. The summed E-state index contributed by atoms with van der Waals surface area (Å²) in [6.45, 7) is 0. The van der Waals surface area contributed by atoms with Crippen molar-refractivity contribution in [3.8, 4) is 11.1 Å². The van der Waals surface area contributed by atoms with E-state index in [2.05, 4.69) is 15.3 Å². The highest BCUT2D eigenvalue weighted by Gasteiger charge is 2.20. The van der Waals surface area contributed by atoms with Crippen LogP contribution in [0.5, 0.6) is 0 Å². The quantitative estimate of drug-likeness (QED) is 0.392. The molecule has 4 rings (SSSR count). The lowest BCUT2D eigenvalue weighted by Gasteiger charge is -2.21. The molecule has 1 atom stereocenters. The second-order valence-electron chi connectivity index (χ2n) is 6.90. The topological polar surface area (TPSA) is 87.7 Å². The Hall–Kier alpha value is -3.23. The van der Waals surface area contributed by atoms with Gasteiger partial charge in [0.1, 0.15) is 17.3 Å². The normalized spacial score (nSPS) is 12.2. The lowest BCUT2D eigenvalue weighted by Crippen LogP contribution is -2.22. The summed E-state index contributed by atoms with van der Waals surface area (Å²) in [6, 6.07) is 10.8. The van der Waals surface area contributed by atoms with Gasteiger partial charge in [0.15, 0.2) is 0 Å². The van der Waals surface area contributed by atoms with Crippen LogP contribution in [0.2, 0.25) is 0 Å². The molecule has 0 radical (unpaired) electrons. The van der Waals surface area contributed by atoms with Crippen LogP contribution in [0.1, 0.15) is 23.0 Å². The number of rotatable bonds is 6. The predicted molar refractivity (Wildman–Crippen MR) is 117 cm³/mol. The first kappa shape index (κ1) is 20.1. The summed E-state index contributed by atoms with van der Waals surface area (Å²) in [6.07, 6.45) is 1.41. The van der Waals surface area contributed by atoms with Crippen LogP contribution in [0.3, 0.4) is 0 Å². The van der Waals surface area contributed by atoms with Crippen molar-refractivity contribution < 1.29 is 8.78 Å². The van der Waals surface area contributed by atoms with Gasteiger partial charge in [-0.1, -0.05) is 6.07 Å². The molecule has 30 heavy (non-hydrogen) atoms. The van der Waals surface area contributed by atoms with Gasteiger partial charge < -0.3 is 16.5 Å². The number of anilines is 1. The van der Waals surface area contributed by atoms with Crippen molar-refractivity contribution in [1.82, 2.24) is 15.3 Å². The molecule has 4 aromatic rings. The Morgan fingerprint density at radius 2 is 1.93 bits per heavy atom. The predicted octanol–water partition coefficient (Wildman–Crippen LogP) is 4.72. The fraction of sp³-hybridized carbons (Fsp3) is 0.136. The summed E-state index contributed by atoms with van der Waals surface area (Å²) in [5.41, 5.74) is 12.3. The van der Waals surface area contributed by atoms with Crippen molar-refractivity contribution in [2.45, 2.75) is 12.5 Å². The molecule has 0 aliphatic heterocycles. The van der Waals surface area contributed by atoms with Gasteiger partial charge in [-0.05, 0) is 54.9 Å². The van der Waals surface area contributed by atoms with E-state index in [0.717, 1.165) is 33.6 Å². The summed E-state index contributed by atoms with van der Waals surface area (Å²) in [7, 11) is 1.76. The number of halogens is 2. The number of nitrogens with two attached hydrogens (primary N) is 1. The van der Waals surface area contributed by atoms with E-state index in [1.54, 1.807) is 30.0 Å². The maximum atomic E-state index is 13.7. The Balaban J connectivity index is 1.84. The molecule has 4 N–H and O–H groups in total. The number of benzene rings is 2. The monoisotopic (exact) mass is 423 g/mol. The van der Waals surface area contributed by atoms with Gasteiger partial charge in [0.05, 0.1) is 33.2 Å². The molecule has 0 aliphatic carbocycles. The first-order valence-corrected chi connectivity index (χ1v) is 10.1. The number of pyridine rings is 1. The molecule has 5 nitrogen and oxygen atoms in total. The van der Waals surface area contributed by atoms with E-state index in [9.17, 15) is 8.78 Å². The third-order valence-corrected chi connectivity index (χ3v) is 5.74. The molecular weight excluding hydrogens is 404 g/mol. The van der Waals surface area contributed by atoms with Crippen molar-refractivity contribution in [2.24, 2.45) is 0 Å². The number of thiazole rings is 1. The van der Waals surface area contributed by atoms with Crippen molar-refractivity contribution in [3.63, 3.8) is 0 Å². The van der Waals surface area contributed by atoms with E-state index in [0.29, 0.717) is 29.1 Å². The average Bonchev–Trinajstić information content (AvgIpc) is 3.19. The molecule has 8 heteroatoms. The van der Waals surface area contributed by atoms with Crippen LogP contribution in [0.4, 0.5) is 14.5 Å². The van der Waals surface area contributed by atoms with Gasteiger partial charge in [0.25, 0.3) is 0 Å². The SMILES string of the molecule is CNC(Cc1cc(F)cc(F)c1)c1nc(C=N)c(N)cc1-c1ccc2scnc2c1. The van der Waals surface area contributed by atoms with Crippen LogP contribution in [0.15, 0.2) is 48.0 Å². The lowest BCUT2D eigenvalue weighted by molar-refractivity contribution is 0.556. The zero-order chi connectivity index (χ0) is 21.3. The minimum atomic E-state index is -0.625. The van der Waals surface area contributed by atoms with Crippen LogP contribution in [-0.2, 0) is 6.42 Å². The van der Waals surface area contributed by atoms with Crippen LogP contribution >= 0.6 is 11.3 Å². The Kier molecular flexibility index (Phi) is 5.52. The molecule has 0 saturated heterocycles. The Labute approximate surface area is 176 Å². The van der Waals surface area contributed by atoms with Crippen LogP contribution in [-0.4, -0.2) is 23.2 Å². The molecule has 0 fully saturated rings. The summed E-state index contributed by atoms with van der Waals surface area (Å²) in [5.74, 6) is -1.25. The van der Waals surface area contributed by atoms with Gasteiger partial charge in [-0.2, -0.15) is 0 Å². The molecule has 2 aromatic carbocycles. The molecular formula is C22H19F2N5S. The van der Waals surface area contributed by atoms with Gasteiger partial charge in [-0.15, -0.1) is 11.3 Å². The number of likely N-dealkylation sites (N-methyl/N-ethyl adjacent to an activating group) is 1. The van der Waals surface area contributed by atoms with Crippen molar-refractivity contribution >= 4 is 33.5 Å². The number of fused-ring (bicyclic) bond motifs is 1. The zero-order valence-corrected chi connectivity index (χ0v) is 16.9. The van der Waals surface area contributed by atoms with Crippen LogP contribution in [0, 0.1) is 17.0 Å². The van der Waals surface area contributed by atoms with E-state index < -0.39 is 11.6 Å². The number of nitrogens with one attached hydrogen (secondary N) is 2. The Morgan fingerprint density at radius 3 is 2.63 bits per heavy atom. The summed E-state index contributed by atoms with van der Waals surface area (Å²) in [4.78, 5) is 8.99. The van der Waals surface area contributed by atoms with Crippen LogP contribution < -0.4 is 11.1 Å². The smallest absolute Gasteiger partial charge is 0.126 e. The molecule has 0 bridgehead atoms. The summed E-state index contributed by atoms with van der Waals surface area (Å²) in [5, 5.41) is 10.8. The molecule has 0 spiro atoms. The first-order chi connectivity index (χ1) is 14.5. The number of hydrogen-bond donors (Lipinski definition) is 3. The van der Waals surface area contributed by atoms with E-state index in [-0.39, 0.29) is 6.04 Å². The van der Waals surface area contributed by atoms with Gasteiger partial charge >= 0.3 is 0 Å². The van der Waals surface area contributed by atoms with Crippen molar-refractivity contribution in [3.05, 3.63) is 76.6 Å². The summed E-state index contributed by atoms with van der Waals surface area (Å²) >= 11 is 1.56. The standard InChI is InChI=1S/C22H19F2N5S/c1-27-19(6-12-4-14(23)8-15(24)5-12)22-16(9-17(26)20(10-25)29-22)13-2-3-21-18(7-13)28-11-30-21/h2-5,7-11,19,25,27H,6,26H2,1H3. The molecule has 0 aliphatic rings. The van der Waals surface area contributed by atoms with Crippen molar-refractivity contribution in [2.75, 3.05) is 12.8 Å². The molecule has 1 unspecified atom stereocenters. The fourth-order valence-corrected chi connectivity index (χ4v) is 4.15. The lowest BCUT2D eigenvalue weighted by atomic mass is 9.94. The average molecular weight is 423 g/mol. The van der Waals surface area contributed by atoms with Gasteiger partial charge in [-0.25, -0.2) is 18.7 Å². The Bertz CT molecular complexity index is 1220. The van der Waals surface area contributed by atoms with Gasteiger partial charge in [0, 0.05) is 17.8 Å². The Morgan fingerprint density at radius 1 is 1.17 bits per heavy atom. The van der Waals surface area contributed by atoms with E-state index in [1.165, 1.54) is 12.1 Å². The van der Waals surface area contributed by atoms with Crippen LogP contribution in [0.25, 0.3) is 21.3 Å². The number of hydrogen-bond acceptors (Lipinski definition) is 6. The largest absolute Gasteiger partial charge is 0.397 e. The minimum absolute atomic E-state index is 0.311.